The number of hydrogen-bond donors (Lipinski definition) is 1. The van der Waals surface area contributed by atoms with Crippen LogP contribution in [-0.2, 0) is 16.0 Å². The van der Waals surface area contributed by atoms with Crippen LogP contribution in [0.3, 0.4) is 0 Å². The minimum Gasteiger partial charge on any atom is -0.355 e. The third-order valence-electron chi connectivity index (χ3n) is 4.19. The molecule has 0 spiro atoms. The van der Waals surface area contributed by atoms with Gasteiger partial charge in [-0.25, -0.2) is 4.98 Å². The Morgan fingerprint density at radius 2 is 2.08 bits per heavy atom. The van der Waals surface area contributed by atoms with Gasteiger partial charge in [-0.05, 0) is 26.0 Å². The van der Waals surface area contributed by atoms with Gasteiger partial charge in [0.15, 0.2) is 0 Å². The van der Waals surface area contributed by atoms with Gasteiger partial charge < -0.3 is 10.2 Å². The topological polar surface area (TPSA) is 62.3 Å². The second-order valence-electron chi connectivity index (χ2n) is 6.14. The van der Waals surface area contributed by atoms with E-state index in [9.17, 15) is 9.59 Å². The summed E-state index contributed by atoms with van der Waals surface area (Å²) in [6, 6.07) is 7.81. The number of anilines is 1. The Hall–Kier alpha value is -2.21. The van der Waals surface area contributed by atoms with Gasteiger partial charge >= 0.3 is 0 Å². The first-order chi connectivity index (χ1) is 11.5. The number of nitrogens with one attached hydrogen (secondary N) is 1. The zero-order valence-corrected chi connectivity index (χ0v) is 14.7. The fraction of sp³-hybridized carbons (Fsp3) is 0.389. The smallest absolute Gasteiger partial charge is 0.227 e. The van der Waals surface area contributed by atoms with Crippen molar-refractivity contribution in [1.29, 1.82) is 0 Å². The fourth-order valence-corrected chi connectivity index (χ4v) is 3.49. The fourth-order valence-electron chi connectivity index (χ4n) is 2.84. The normalized spacial score (nSPS) is 17.3. The molecule has 1 saturated heterocycles. The standard InChI is InChI=1S/C18H21N3O2S/c1-12-3-5-16(6-4-12)21-10-14(9-17(21)22)18(23)19-8-7-15-11-24-13(2)20-15/h3-6,11,14H,7-10H2,1-2H3,(H,19,23)/t14-/m1/s1. The Morgan fingerprint density at radius 1 is 1.33 bits per heavy atom. The quantitative estimate of drug-likeness (QED) is 0.907. The number of thiazole rings is 1. The third kappa shape index (κ3) is 3.82. The summed E-state index contributed by atoms with van der Waals surface area (Å²) < 4.78 is 0. The Kier molecular flexibility index (Phi) is 4.94. The number of benzene rings is 1. The van der Waals surface area contributed by atoms with E-state index in [0.717, 1.165) is 28.4 Å². The zero-order valence-electron chi connectivity index (χ0n) is 13.9. The molecule has 6 heteroatoms. The lowest BCUT2D eigenvalue weighted by molar-refractivity contribution is -0.126. The molecule has 5 nitrogen and oxygen atoms in total. The Morgan fingerprint density at radius 3 is 2.75 bits per heavy atom. The van der Waals surface area contributed by atoms with Crippen molar-refractivity contribution in [3.63, 3.8) is 0 Å². The van der Waals surface area contributed by atoms with E-state index in [0.29, 0.717) is 13.1 Å². The molecule has 2 aromatic rings. The van der Waals surface area contributed by atoms with E-state index in [4.69, 9.17) is 0 Å². The number of carbonyl (C=O) groups is 2. The summed E-state index contributed by atoms with van der Waals surface area (Å²) in [5.41, 5.74) is 3.01. The second kappa shape index (κ2) is 7.13. The van der Waals surface area contributed by atoms with Crippen molar-refractivity contribution in [2.75, 3.05) is 18.0 Å². The Bertz CT molecular complexity index is 739. The SMILES string of the molecule is Cc1ccc(N2C[C@H](C(=O)NCCc3csc(C)n3)CC2=O)cc1. The van der Waals surface area contributed by atoms with E-state index < -0.39 is 0 Å². The van der Waals surface area contributed by atoms with Crippen molar-refractivity contribution in [1.82, 2.24) is 10.3 Å². The van der Waals surface area contributed by atoms with Crippen LogP contribution < -0.4 is 10.2 Å². The zero-order chi connectivity index (χ0) is 17.1. The van der Waals surface area contributed by atoms with Gasteiger partial charge in [0.2, 0.25) is 11.8 Å². The van der Waals surface area contributed by atoms with Gasteiger partial charge in [-0.1, -0.05) is 17.7 Å². The van der Waals surface area contributed by atoms with Gasteiger partial charge in [0.05, 0.1) is 16.6 Å². The maximum atomic E-state index is 12.3. The van der Waals surface area contributed by atoms with Gasteiger partial charge in [-0.2, -0.15) is 0 Å². The largest absolute Gasteiger partial charge is 0.355 e. The highest BCUT2D eigenvalue weighted by atomic mass is 32.1. The number of nitrogens with zero attached hydrogens (tertiary/aromatic N) is 2. The molecule has 0 aliphatic carbocycles. The molecule has 1 aromatic carbocycles. The maximum absolute atomic E-state index is 12.3. The van der Waals surface area contributed by atoms with Crippen molar-refractivity contribution < 1.29 is 9.59 Å². The van der Waals surface area contributed by atoms with E-state index >= 15 is 0 Å². The van der Waals surface area contributed by atoms with Crippen molar-refractivity contribution in [3.05, 3.63) is 45.9 Å². The first-order valence-electron chi connectivity index (χ1n) is 8.08. The lowest BCUT2D eigenvalue weighted by Gasteiger charge is -2.17. The summed E-state index contributed by atoms with van der Waals surface area (Å²) in [4.78, 5) is 30.6. The summed E-state index contributed by atoms with van der Waals surface area (Å²) in [6.45, 7) is 4.98. The maximum Gasteiger partial charge on any atom is 0.227 e. The predicted molar refractivity (Wildman–Crippen MR) is 95.2 cm³/mol. The lowest BCUT2D eigenvalue weighted by Crippen LogP contribution is -2.34. The number of aryl methyl sites for hydroxylation is 2. The van der Waals surface area contributed by atoms with Crippen molar-refractivity contribution in [2.45, 2.75) is 26.7 Å². The van der Waals surface area contributed by atoms with Gasteiger partial charge in [0.1, 0.15) is 0 Å². The summed E-state index contributed by atoms with van der Waals surface area (Å²) >= 11 is 1.61. The highest BCUT2D eigenvalue weighted by Gasteiger charge is 2.34. The van der Waals surface area contributed by atoms with Gasteiger partial charge in [-0.3, -0.25) is 9.59 Å². The number of carbonyl (C=O) groups excluding carboxylic acids is 2. The van der Waals surface area contributed by atoms with Crippen LogP contribution in [0.4, 0.5) is 5.69 Å². The Labute approximate surface area is 145 Å². The molecule has 3 rings (SSSR count). The van der Waals surface area contributed by atoms with Crippen LogP contribution in [-0.4, -0.2) is 29.9 Å². The molecule has 2 heterocycles. The van der Waals surface area contributed by atoms with Crippen LogP contribution in [0, 0.1) is 19.8 Å². The molecule has 0 unspecified atom stereocenters. The molecule has 0 saturated carbocycles. The molecule has 1 fully saturated rings. The van der Waals surface area contributed by atoms with Crippen LogP contribution in [0.25, 0.3) is 0 Å². The summed E-state index contributed by atoms with van der Waals surface area (Å²) in [5.74, 6) is -0.324. The molecule has 1 aliphatic rings. The molecule has 24 heavy (non-hydrogen) atoms. The van der Waals surface area contributed by atoms with E-state index in [-0.39, 0.29) is 24.2 Å². The third-order valence-corrected chi connectivity index (χ3v) is 5.01. The minimum absolute atomic E-state index is 0.00845. The van der Waals surface area contributed by atoms with E-state index in [1.54, 1.807) is 16.2 Å². The summed E-state index contributed by atoms with van der Waals surface area (Å²) in [6.07, 6.45) is 0.994. The highest BCUT2D eigenvalue weighted by molar-refractivity contribution is 7.09. The van der Waals surface area contributed by atoms with Crippen LogP contribution in [0.15, 0.2) is 29.6 Å². The van der Waals surface area contributed by atoms with Gasteiger partial charge in [0, 0.05) is 37.0 Å². The van der Waals surface area contributed by atoms with Crippen molar-refractivity contribution in [3.8, 4) is 0 Å². The first-order valence-corrected chi connectivity index (χ1v) is 8.96. The molecule has 1 aromatic heterocycles. The highest BCUT2D eigenvalue weighted by Crippen LogP contribution is 2.25. The van der Waals surface area contributed by atoms with Gasteiger partial charge in [0.25, 0.3) is 0 Å². The number of amides is 2. The molecule has 1 N–H and O–H groups in total. The molecule has 0 bridgehead atoms. The average Bonchev–Trinajstić information content (AvgIpc) is 3.14. The summed E-state index contributed by atoms with van der Waals surface area (Å²) in [7, 11) is 0. The van der Waals surface area contributed by atoms with E-state index in [1.807, 2.05) is 43.5 Å². The van der Waals surface area contributed by atoms with Crippen LogP contribution >= 0.6 is 11.3 Å². The molecule has 2 amide bonds. The predicted octanol–water partition coefficient (Wildman–Crippen LogP) is 2.47. The number of hydrogen-bond acceptors (Lipinski definition) is 4. The van der Waals surface area contributed by atoms with E-state index in [1.165, 1.54) is 0 Å². The molecule has 0 radical (unpaired) electrons. The van der Waals surface area contributed by atoms with Gasteiger partial charge in [-0.15, -0.1) is 11.3 Å². The molecular formula is C18H21N3O2S. The lowest BCUT2D eigenvalue weighted by atomic mass is 10.1. The minimum atomic E-state index is -0.282. The summed E-state index contributed by atoms with van der Waals surface area (Å²) in [5, 5.41) is 5.98. The number of aromatic nitrogens is 1. The van der Waals surface area contributed by atoms with Crippen LogP contribution in [0.5, 0.6) is 0 Å². The van der Waals surface area contributed by atoms with Crippen molar-refractivity contribution >= 4 is 28.8 Å². The average molecular weight is 343 g/mol. The first kappa shape index (κ1) is 16.6. The Balaban J connectivity index is 1.53. The van der Waals surface area contributed by atoms with Crippen LogP contribution in [0.2, 0.25) is 0 Å². The monoisotopic (exact) mass is 343 g/mol. The van der Waals surface area contributed by atoms with E-state index in [2.05, 4.69) is 10.3 Å². The van der Waals surface area contributed by atoms with Crippen LogP contribution in [0.1, 0.15) is 22.7 Å². The molecule has 1 atom stereocenters. The molecule has 1 aliphatic heterocycles. The molecule has 126 valence electrons. The number of rotatable bonds is 5. The van der Waals surface area contributed by atoms with Crippen molar-refractivity contribution in [2.24, 2.45) is 5.92 Å². The molecular weight excluding hydrogens is 322 g/mol. The second-order valence-corrected chi connectivity index (χ2v) is 7.20.